The van der Waals surface area contributed by atoms with Crippen molar-refractivity contribution in [2.45, 2.75) is 12.8 Å². The van der Waals surface area contributed by atoms with Crippen LogP contribution in [0.1, 0.15) is 22.3 Å². The van der Waals surface area contributed by atoms with E-state index in [2.05, 4.69) is 25.8 Å². The highest BCUT2D eigenvalue weighted by atomic mass is 32.1. The van der Waals surface area contributed by atoms with Gasteiger partial charge in [-0.25, -0.2) is 15.0 Å². The van der Waals surface area contributed by atoms with Crippen LogP contribution < -0.4 is 16.0 Å². The lowest BCUT2D eigenvalue weighted by molar-refractivity contribution is -0.115. The van der Waals surface area contributed by atoms with Gasteiger partial charge >= 0.3 is 0 Å². The Morgan fingerprint density at radius 3 is 2.61 bits per heavy atom. The van der Waals surface area contributed by atoms with Gasteiger partial charge in [0.25, 0.3) is 5.91 Å². The van der Waals surface area contributed by atoms with Crippen LogP contribution >= 0.6 is 11.3 Å². The molecule has 248 valence electrons. The predicted octanol–water partition coefficient (Wildman–Crippen LogP) is 5.90. The number of hydrogen-bond acceptors (Lipinski definition) is 9. The van der Waals surface area contributed by atoms with E-state index in [1.54, 1.807) is 18.3 Å². The summed E-state index contributed by atoms with van der Waals surface area (Å²) in [5, 5.41) is 11.3. The first-order valence-corrected chi connectivity index (χ1v) is 17.2. The number of benzene rings is 3. The molecule has 6 aromatic rings. The highest BCUT2D eigenvalue weighted by Crippen LogP contribution is 2.35. The molecule has 12 heteroatoms. The van der Waals surface area contributed by atoms with Crippen molar-refractivity contribution in [1.82, 2.24) is 29.6 Å². The van der Waals surface area contributed by atoms with Gasteiger partial charge in [-0.15, -0.1) is 11.3 Å². The summed E-state index contributed by atoms with van der Waals surface area (Å²) < 4.78 is 7.42. The Labute approximate surface area is 288 Å². The average Bonchev–Trinajstić information content (AvgIpc) is 3.73. The molecule has 3 aromatic carbocycles. The molecule has 1 aliphatic rings. The normalized spacial score (nSPS) is 13.3. The highest BCUT2D eigenvalue weighted by molar-refractivity contribution is 7.15. The number of rotatable bonds is 12. The summed E-state index contributed by atoms with van der Waals surface area (Å²) in [4.78, 5) is 43.2. The number of morpholine rings is 1. The van der Waals surface area contributed by atoms with E-state index in [0.717, 1.165) is 66.7 Å². The second kappa shape index (κ2) is 15.2. The molecule has 0 radical (unpaired) electrons. The maximum atomic E-state index is 12.9. The number of carbonyl (C=O) groups excluding carboxylic acids is 2. The minimum atomic E-state index is -0.123. The fraction of sp³-hybridized carbons (Fsp3) is 0.216. The zero-order chi connectivity index (χ0) is 33.4. The van der Waals surface area contributed by atoms with E-state index in [1.165, 1.54) is 11.3 Å². The number of ether oxygens (including phenoxy) is 1. The van der Waals surface area contributed by atoms with Gasteiger partial charge in [0.2, 0.25) is 11.9 Å². The van der Waals surface area contributed by atoms with Crippen molar-refractivity contribution < 1.29 is 14.3 Å². The summed E-state index contributed by atoms with van der Waals surface area (Å²) in [6.07, 6.45) is 4.84. The molecule has 0 unspecified atom stereocenters. The molecular weight excluding hydrogens is 637 g/mol. The number of nitrogens with zero attached hydrogens (tertiary/aromatic N) is 5. The number of fused-ring (bicyclic) bond motifs is 1. The summed E-state index contributed by atoms with van der Waals surface area (Å²) in [7, 11) is 0. The summed E-state index contributed by atoms with van der Waals surface area (Å²) in [5.41, 5.74) is 5.96. The van der Waals surface area contributed by atoms with Crippen LogP contribution in [0, 0.1) is 0 Å². The first-order valence-electron chi connectivity index (χ1n) is 16.3. The van der Waals surface area contributed by atoms with Crippen LogP contribution in [0.2, 0.25) is 0 Å². The molecule has 2 amide bonds. The second-order valence-corrected chi connectivity index (χ2v) is 12.6. The molecule has 0 saturated carbocycles. The number of aromatic nitrogens is 4. The topological polar surface area (TPSA) is 126 Å². The lowest BCUT2D eigenvalue weighted by atomic mass is 10.1. The monoisotopic (exact) mass is 672 g/mol. The van der Waals surface area contributed by atoms with E-state index in [4.69, 9.17) is 14.7 Å². The SMILES string of the molecule is O=C(Cc1ccccc1)Nc1cccc(-c2nc3sccn3c2-c2ccnc(Nc3cccc(C(=O)NCCCN4CCOCC4)c3)n2)c1. The zero-order valence-electron chi connectivity index (χ0n) is 26.8. The smallest absolute Gasteiger partial charge is 0.251 e. The summed E-state index contributed by atoms with van der Waals surface area (Å²) >= 11 is 1.53. The third kappa shape index (κ3) is 8.00. The fourth-order valence-electron chi connectivity index (χ4n) is 5.81. The van der Waals surface area contributed by atoms with Crippen LogP contribution in [0.5, 0.6) is 0 Å². The molecule has 7 rings (SSSR count). The molecule has 4 heterocycles. The first-order chi connectivity index (χ1) is 24.1. The maximum Gasteiger partial charge on any atom is 0.251 e. The number of nitrogens with one attached hydrogen (secondary N) is 3. The molecule has 3 N–H and O–H groups in total. The van der Waals surface area contributed by atoms with Crippen LogP contribution in [0.25, 0.3) is 27.6 Å². The minimum absolute atomic E-state index is 0.0914. The Morgan fingerprint density at radius 1 is 0.898 bits per heavy atom. The summed E-state index contributed by atoms with van der Waals surface area (Å²) in [5.74, 6) is 0.174. The van der Waals surface area contributed by atoms with Gasteiger partial charge in [0.05, 0.1) is 31.0 Å². The fourth-order valence-corrected chi connectivity index (χ4v) is 6.53. The van der Waals surface area contributed by atoms with Crippen LogP contribution in [0.4, 0.5) is 17.3 Å². The Bertz CT molecular complexity index is 2060. The van der Waals surface area contributed by atoms with Crippen LogP contribution in [0.15, 0.2) is 103 Å². The van der Waals surface area contributed by atoms with Gasteiger partial charge in [0.1, 0.15) is 5.69 Å². The molecule has 3 aromatic heterocycles. The van der Waals surface area contributed by atoms with Gasteiger partial charge in [0, 0.05) is 59.9 Å². The van der Waals surface area contributed by atoms with Crippen molar-refractivity contribution in [2.75, 3.05) is 50.0 Å². The van der Waals surface area contributed by atoms with Crippen LogP contribution in [-0.4, -0.2) is 75.5 Å². The second-order valence-electron chi connectivity index (χ2n) is 11.7. The number of thiazole rings is 1. The Morgan fingerprint density at radius 2 is 1.73 bits per heavy atom. The summed E-state index contributed by atoms with van der Waals surface area (Å²) in [6.45, 7) is 4.96. The van der Waals surface area contributed by atoms with E-state index >= 15 is 0 Å². The largest absolute Gasteiger partial charge is 0.379 e. The standard InChI is InChI=1S/C37H36N8O3S/c46-32(23-26-7-2-1-3-8-26)40-29-11-4-9-27(24-29)33-34(45-19-22-49-37(45)43-33)31-13-15-39-36(42-31)41-30-12-5-10-28(25-30)35(47)38-14-6-16-44-17-20-48-21-18-44/h1-5,7-13,15,19,22,24-25H,6,14,16-18,20-21,23H2,(H,38,47)(H,40,46)(H,39,41,42). The molecule has 1 aliphatic heterocycles. The van der Waals surface area contributed by atoms with Gasteiger partial charge in [-0.05, 0) is 54.9 Å². The van der Waals surface area contributed by atoms with Gasteiger partial charge in [0.15, 0.2) is 4.96 Å². The Kier molecular flexibility index (Phi) is 9.97. The number of hydrogen-bond donors (Lipinski definition) is 3. The zero-order valence-corrected chi connectivity index (χ0v) is 27.7. The van der Waals surface area contributed by atoms with E-state index in [-0.39, 0.29) is 18.2 Å². The van der Waals surface area contributed by atoms with E-state index in [1.807, 2.05) is 88.8 Å². The number of amides is 2. The first kappa shape index (κ1) is 32.1. The number of anilines is 3. The Hall–Kier alpha value is -5.43. The molecule has 11 nitrogen and oxygen atoms in total. The summed E-state index contributed by atoms with van der Waals surface area (Å²) in [6, 6.07) is 26.5. The van der Waals surface area contributed by atoms with Gasteiger partial charge in [-0.1, -0.05) is 48.5 Å². The lowest BCUT2D eigenvalue weighted by Crippen LogP contribution is -2.38. The third-order valence-corrected chi connectivity index (χ3v) is 8.97. The van der Waals surface area contributed by atoms with Crippen LogP contribution in [0.3, 0.4) is 0 Å². The van der Waals surface area contributed by atoms with Crippen LogP contribution in [-0.2, 0) is 16.0 Å². The molecule has 0 atom stereocenters. The molecular formula is C37H36N8O3S. The van der Waals surface area contributed by atoms with Crippen molar-refractivity contribution in [3.8, 4) is 22.6 Å². The average molecular weight is 673 g/mol. The Balaban J connectivity index is 1.06. The predicted molar refractivity (Wildman–Crippen MR) is 192 cm³/mol. The van der Waals surface area contributed by atoms with Crippen molar-refractivity contribution in [3.05, 3.63) is 114 Å². The lowest BCUT2D eigenvalue weighted by Gasteiger charge is -2.26. The van der Waals surface area contributed by atoms with Gasteiger partial charge in [-0.3, -0.25) is 18.9 Å². The molecule has 1 saturated heterocycles. The van der Waals surface area contributed by atoms with Gasteiger partial charge < -0.3 is 20.7 Å². The molecule has 0 spiro atoms. The van der Waals surface area contributed by atoms with Crippen molar-refractivity contribution in [2.24, 2.45) is 0 Å². The van der Waals surface area contributed by atoms with Gasteiger partial charge in [-0.2, -0.15) is 0 Å². The molecule has 0 bridgehead atoms. The van der Waals surface area contributed by atoms with Crippen molar-refractivity contribution in [3.63, 3.8) is 0 Å². The molecule has 0 aliphatic carbocycles. The van der Waals surface area contributed by atoms with E-state index < -0.39 is 0 Å². The molecule has 49 heavy (non-hydrogen) atoms. The maximum absolute atomic E-state index is 12.9. The minimum Gasteiger partial charge on any atom is -0.379 e. The number of carbonyl (C=O) groups is 2. The third-order valence-electron chi connectivity index (χ3n) is 8.21. The van der Waals surface area contributed by atoms with E-state index in [0.29, 0.717) is 35.1 Å². The highest BCUT2D eigenvalue weighted by Gasteiger charge is 2.19. The van der Waals surface area contributed by atoms with E-state index in [9.17, 15) is 9.59 Å². The quantitative estimate of drug-likeness (QED) is 0.137. The van der Waals surface area contributed by atoms with Crippen molar-refractivity contribution in [1.29, 1.82) is 0 Å². The van der Waals surface area contributed by atoms with Crippen molar-refractivity contribution >= 4 is 45.4 Å². The number of imidazole rings is 1. The molecule has 1 fully saturated rings.